The third kappa shape index (κ3) is 6.86. The van der Waals surface area contributed by atoms with Gasteiger partial charge in [0.15, 0.2) is 0 Å². The molecule has 0 bridgehead atoms. The van der Waals surface area contributed by atoms with Crippen LogP contribution in [0.3, 0.4) is 0 Å². The molecular weight excluding hydrogens is 479 g/mol. The number of hydrogen-bond donors (Lipinski definition) is 2. The van der Waals surface area contributed by atoms with Crippen LogP contribution in [0.1, 0.15) is 53.6 Å². The van der Waals surface area contributed by atoms with E-state index in [0.717, 1.165) is 42.9 Å². The molecule has 4 heterocycles. The Labute approximate surface area is 224 Å². The average molecular weight is 517 g/mol. The monoisotopic (exact) mass is 516 g/mol. The molecule has 0 saturated carbocycles. The molecule has 0 aliphatic carbocycles. The fourth-order valence-corrected chi connectivity index (χ4v) is 5.48. The second kappa shape index (κ2) is 12.8. The van der Waals surface area contributed by atoms with Gasteiger partial charge in [0.25, 0.3) is 5.91 Å². The lowest BCUT2D eigenvalue weighted by molar-refractivity contribution is 0.0951. The lowest BCUT2D eigenvalue weighted by atomic mass is 10.00. The van der Waals surface area contributed by atoms with E-state index in [1.165, 1.54) is 38.4 Å². The normalized spacial score (nSPS) is 16.8. The van der Waals surface area contributed by atoms with Gasteiger partial charge in [-0.25, -0.2) is 9.37 Å². The first kappa shape index (κ1) is 26.1. The first-order valence-electron chi connectivity index (χ1n) is 13.8. The highest BCUT2D eigenvalue weighted by Gasteiger charge is 2.26. The Hall–Kier alpha value is -3.52. The van der Waals surface area contributed by atoms with E-state index in [1.54, 1.807) is 24.5 Å². The molecule has 2 aliphatic heterocycles. The van der Waals surface area contributed by atoms with Crippen molar-refractivity contribution in [3.63, 3.8) is 0 Å². The van der Waals surface area contributed by atoms with Gasteiger partial charge in [-0.1, -0.05) is 24.6 Å². The summed E-state index contributed by atoms with van der Waals surface area (Å²) in [5, 5.41) is 6.34. The number of carbonyl (C=O) groups is 1. The van der Waals surface area contributed by atoms with Crippen LogP contribution in [-0.4, -0.2) is 59.5 Å². The van der Waals surface area contributed by atoms with Gasteiger partial charge in [-0.05, 0) is 86.7 Å². The summed E-state index contributed by atoms with van der Waals surface area (Å²) < 4.78 is 13.6. The van der Waals surface area contributed by atoms with E-state index in [-0.39, 0.29) is 11.7 Å². The number of piperidine rings is 2. The fraction of sp³-hybridized carbons (Fsp3) is 0.433. The molecule has 2 saturated heterocycles. The maximum absolute atomic E-state index is 13.6. The van der Waals surface area contributed by atoms with Crippen molar-refractivity contribution >= 4 is 17.5 Å². The molecule has 1 aromatic carbocycles. The Morgan fingerprint density at radius 1 is 0.974 bits per heavy atom. The number of rotatable bonds is 9. The summed E-state index contributed by atoms with van der Waals surface area (Å²) >= 11 is 0. The minimum Gasteiger partial charge on any atom is -0.369 e. The molecule has 0 atom stereocenters. The van der Waals surface area contributed by atoms with E-state index in [9.17, 15) is 9.18 Å². The zero-order valence-corrected chi connectivity index (χ0v) is 21.9. The van der Waals surface area contributed by atoms with Gasteiger partial charge in [0.2, 0.25) is 0 Å². The van der Waals surface area contributed by atoms with Crippen molar-refractivity contribution in [3.8, 4) is 0 Å². The highest BCUT2D eigenvalue weighted by Crippen LogP contribution is 2.26. The van der Waals surface area contributed by atoms with Crippen molar-refractivity contribution in [3.05, 3.63) is 83.4 Å². The number of hydrogen-bond acceptors (Lipinski definition) is 6. The van der Waals surface area contributed by atoms with Crippen LogP contribution < -0.4 is 15.5 Å². The highest BCUT2D eigenvalue weighted by atomic mass is 19.1. The summed E-state index contributed by atoms with van der Waals surface area (Å²) in [6.45, 7) is 5.31. The SMILES string of the molecule is O=C(NCc1cccnc1)c1ccc(N2CCC(N3CCCCC3)CC2)nc1NCCc1cccc(F)c1. The molecule has 0 unspecified atom stereocenters. The van der Waals surface area contributed by atoms with Crippen molar-refractivity contribution in [2.45, 2.75) is 51.1 Å². The molecule has 7 nitrogen and oxygen atoms in total. The van der Waals surface area contributed by atoms with Gasteiger partial charge in [0, 0.05) is 44.6 Å². The molecule has 5 rings (SSSR count). The molecule has 2 fully saturated rings. The first-order chi connectivity index (χ1) is 18.7. The zero-order valence-electron chi connectivity index (χ0n) is 21.9. The van der Waals surface area contributed by atoms with Crippen molar-refractivity contribution < 1.29 is 9.18 Å². The van der Waals surface area contributed by atoms with Gasteiger partial charge >= 0.3 is 0 Å². The maximum Gasteiger partial charge on any atom is 0.255 e. The summed E-state index contributed by atoms with van der Waals surface area (Å²) in [4.78, 5) is 27.2. The van der Waals surface area contributed by atoms with Gasteiger partial charge in [-0.15, -0.1) is 0 Å². The summed E-state index contributed by atoms with van der Waals surface area (Å²) in [7, 11) is 0. The topological polar surface area (TPSA) is 73.4 Å². The number of aromatic nitrogens is 2. The fourth-order valence-electron chi connectivity index (χ4n) is 5.48. The van der Waals surface area contributed by atoms with Crippen molar-refractivity contribution in [1.82, 2.24) is 20.2 Å². The predicted molar refractivity (Wildman–Crippen MR) is 149 cm³/mol. The molecule has 2 aromatic heterocycles. The Bertz CT molecular complexity index is 1190. The van der Waals surface area contributed by atoms with Crippen molar-refractivity contribution in [2.75, 3.05) is 42.9 Å². The van der Waals surface area contributed by atoms with Gasteiger partial charge < -0.3 is 20.4 Å². The third-order valence-electron chi connectivity index (χ3n) is 7.59. The summed E-state index contributed by atoms with van der Waals surface area (Å²) in [6.07, 6.45) is 10.3. The number of carbonyl (C=O) groups excluding carboxylic acids is 1. The highest BCUT2D eigenvalue weighted by molar-refractivity contribution is 5.99. The van der Waals surface area contributed by atoms with Crippen LogP contribution in [-0.2, 0) is 13.0 Å². The van der Waals surface area contributed by atoms with Crippen LogP contribution in [0.4, 0.5) is 16.0 Å². The second-order valence-corrected chi connectivity index (χ2v) is 10.2. The van der Waals surface area contributed by atoms with Gasteiger partial charge in [-0.2, -0.15) is 0 Å². The molecule has 1 amide bonds. The standard InChI is InChI=1S/C30H37FN6O/c31-25-8-4-6-23(20-25)11-15-33-29-27(30(38)34-22-24-7-5-14-32-21-24)9-10-28(35-29)37-18-12-26(13-19-37)36-16-2-1-3-17-36/h4-10,14,20-21,26H,1-3,11-13,15-19,22H2,(H,33,35)(H,34,38). The predicted octanol–water partition coefficient (Wildman–Crippen LogP) is 4.66. The smallest absolute Gasteiger partial charge is 0.255 e. The zero-order chi connectivity index (χ0) is 26.2. The lowest BCUT2D eigenvalue weighted by Crippen LogP contribution is -2.47. The second-order valence-electron chi connectivity index (χ2n) is 10.2. The molecular formula is C30H37FN6O. The molecule has 0 radical (unpaired) electrons. The first-order valence-corrected chi connectivity index (χ1v) is 13.8. The number of pyridine rings is 2. The van der Waals surface area contributed by atoms with Crippen LogP contribution in [0.15, 0.2) is 60.9 Å². The molecule has 3 aromatic rings. The van der Waals surface area contributed by atoms with Crippen LogP contribution in [0.5, 0.6) is 0 Å². The Morgan fingerprint density at radius 2 is 1.79 bits per heavy atom. The van der Waals surface area contributed by atoms with E-state index < -0.39 is 0 Å². The Balaban J connectivity index is 1.27. The number of benzene rings is 1. The Kier molecular flexibility index (Phi) is 8.81. The van der Waals surface area contributed by atoms with Crippen LogP contribution in [0.2, 0.25) is 0 Å². The van der Waals surface area contributed by atoms with E-state index in [0.29, 0.717) is 36.9 Å². The van der Waals surface area contributed by atoms with Gasteiger partial charge in [0.1, 0.15) is 17.5 Å². The molecule has 0 spiro atoms. The van der Waals surface area contributed by atoms with Crippen LogP contribution >= 0.6 is 0 Å². The van der Waals surface area contributed by atoms with Crippen molar-refractivity contribution in [2.24, 2.45) is 0 Å². The number of halogens is 1. The summed E-state index contributed by atoms with van der Waals surface area (Å²) in [5.74, 6) is 1.01. The van der Waals surface area contributed by atoms with Crippen molar-refractivity contribution in [1.29, 1.82) is 0 Å². The lowest BCUT2D eigenvalue weighted by Gasteiger charge is -2.40. The summed E-state index contributed by atoms with van der Waals surface area (Å²) in [5.41, 5.74) is 2.33. The van der Waals surface area contributed by atoms with Crippen LogP contribution in [0.25, 0.3) is 0 Å². The number of amides is 1. The average Bonchev–Trinajstić information content (AvgIpc) is 2.97. The van der Waals surface area contributed by atoms with E-state index in [4.69, 9.17) is 4.98 Å². The third-order valence-corrected chi connectivity index (χ3v) is 7.59. The Morgan fingerprint density at radius 3 is 2.55 bits per heavy atom. The maximum atomic E-state index is 13.6. The molecule has 8 heteroatoms. The molecule has 2 aliphatic rings. The minimum absolute atomic E-state index is 0.190. The largest absolute Gasteiger partial charge is 0.369 e. The van der Waals surface area contributed by atoms with Crippen LogP contribution in [0, 0.1) is 5.82 Å². The molecule has 2 N–H and O–H groups in total. The molecule has 200 valence electrons. The number of nitrogens with one attached hydrogen (secondary N) is 2. The van der Waals surface area contributed by atoms with E-state index in [2.05, 4.69) is 25.4 Å². The minimum atomic E-state index is -0.244. The molecule has 38 heavy (non-hydrogen) atoms. The van der Waals surface area contributed by atoms with Gasteiger partial charge in [-0.3, -0.25) is 9.78 Å². The van der Waals surface area contributed by atoms with Gasteiger partial charge in [0.05, 0.1) is 5.56 Å². The van der Waals surface area contributed by atoms with E-state index >= 15 is 0 Å². The van der Waals surface area contributed by atoms with E-state index in [1.807, 2.05) is 30.3 Å². The number of nitrogens with zero attached hydrogens (tertiary/aromatic N) is 4. The number of anilines is 2. The summed E-state index contributed by atoms with van der Waals surface area (Å²) in [6, 6.07) is 14.9. The quantitative estimate of drug-likeness (QED) is 0.431. The number of likely N-dealkylation sites (tertiary alicyclic amines) is 1.